The van der Waals surface area contributed by atoms with E-state index in [1.807, 2.05) is 32.3 Å². The van der Waals surface area contributed by atoms with Crippen LogP contribution >= 0.6 is 0 Å². The van der Waals surface area contributed by atoms with E-state index in [1.54, 1.807) is 9.80 Å². The summed E-state index contributed by atoms with van der Waals surface area (Å²) in [7, 11) is 3.65. The van der Waals surface area contributed by atoms with Crippen LogP contribution in [0.2, 0.25) is 0 Å². The fourth-order valence-corrected chi connectivity index (χ4v) is 2.58. The molecule has 1 fully saturated rings. The molecule has 1 unspecified atom stereocenters. The molecule has 19 heavy (non-hydrogen) atoms. The summed E-state index contributed by atoms with van der Waals surface area (Å²) in [6.45, 7) is 2.07. The summed E-state index contributed by atoms with van der Waals surface area (Å²) in [5.74, 6) is 1.58. The predicted octanol–water partition coefficient (Wildman–Crippen LogP) is 1.89. The summed E-state index contributed by atoms with van der Waals surface area (Å²) in [5, 5.41) is 0. The van der Waals surface area contributed by atoms with E-state index in [4.69, 9.17) is 9.47 Å². The molecule has 1 saturated heterocycles. The number of ether oxygens (including phenoxy) is 2. The predicted molar refractivity (Wildman–Crippen MR) is 70.6 cm³/mol. The molecule has 3 rings (SSSR count). The Balaban J connectivity index is 1.90. The van der Waals surface area contributed by atoms with E-state index in [9.17, 15) is 4.79 Å². The number of amides is 2. The number of hydrogen-bond donors (Lipinski definition) is 0. The van der Waals surface area contributed by atoms with Gasteiger partial charge in [-0.15, -0.1) is 0 Å². The average molecular weight is 262 g/mol. The smallest absolute Gasteiger partial charge is 0.320 e. The van der Waals surface area contributed by atoms with Crippen LogP contribution < -0.4 is 9.47 Å². The van der Waals surface area contributed by atoms with Gasteiger partial charge in [0.05, 0.1) is 19.3 Å². The van der Waals surface area contributed by atoms with E-state index in [-0.39, 0.29) is 12.1 Å². The lowest BCUT2D eigenvalue weighted by molar-refractivity contribution is 0.201. The maximum Gasteiger partial charge on any atom is 0.320 e. The minimum absolute atomic E-state index is 0.0529. The van der Waals surface area contributed by atoms with Gasteiger partial charge in [0.25, 0.3) is 0 Å². The van der Waals surface area contributed by atoms with Crippen LogP contribution in [0.4, 0.5) is 4.79 Å². The second-order valence-corrected chi connectivity index (χ2v) is 5.05. The Kier molecular flexibility index (Phi) is 2.97. The van der Waals surface area contributed by atoms with Gasteiger partial charge in [-0.05, 0) is 17.7 Å². The van der Waals surface area contributed by atoms with Gasteiger partial charge in [-0.3, -0.25) is 0 Å². The van der Waals surface area contributed by atoms with Gasteiger partial charge in [0.2, 0.25) is 0 Å². The first-order valence-corrected chi connectivity index (χ1v) is 6.54. The SMILES string of the molecule is CN1CC(c2ccc3c(c2)OCCCO3)N(C)C1=O. The van der Waals surface area contributed by atoms with Crippen molar-refractivity contribution in [3.63, 3.8) is 0 Å². The van der Waals surface area contributed by atoms with Crippen molar-refractivity contribution in [1.29, 1.82) is 0 Å². The van der Waals surface area contributed by atoms with Crippen molar-refractivity contribution in [3.8, 4) is 11.5 Å². The first kappa shape index (κ1) is 12.1. The second kappa shape index (κ2) is 4.64. The van der Waals surface area contributed by atoms with E-state index in [0.717, 1.165) is 23.5 Å². The van der Waals surface area contributed by atoms with Crippen molar-refractivity contribution < 1.29 is 14.3 Å². The van der Waals surface area contributed by atoms with E-state index in [2.05, 4.69) is 0 Å². The van der Waals surface area contributed by atoms with E-state index in [0.29, 0.717) is 19.8 Å². The Morgan fingerprint density at radius 3 is 2.58 bits per heavy atom. The van der Waals surface area contributed by atoms with Crippen LogP contribution in [0.25, 0.3) is 0 Å². The third-order valence-electron chi connectivity index (χ3n) is 3.70. The molecule has 2 amide bonds. The lowest BCUT2D eigenvalue weighted by atomic mass is 10.1. The van der Waals surface area contributed by atoms with E-state index < -0.39 is 0 Å². The lowest BCUT2D eigenvalue weighted by Gasteiger charge is -2.19. The molecule has 0 aliphatic carbocycles. The Morgan fingerprint density at radius 2 is 1.89 bits per heavy atom. The molecule has 1 aromatic carbocycles. The van der Waals surface area contributed by atoms with Crippen molar-refractivity contribution in [2.24, 2.45) is 0 Å². The van der Waals surface area contributed by atoms with Crippen molar-refractivity contribution in [1.82, 2.24) is 9.80 Å². The quantitative estimate of drug-likeness (QED) is 0.776. The molecular weight excluding hydrogens is 244 g/mol. The molecule has 2 aliphatic rings. The number of likely N-dealkylation sites (N-methyl/N-ethyl adjacent to an activating group) is 2. The number of fused-ring (bicyclic) bond motifs is 1. The summed E-state index contributed by atoms with van der Waals surface area (Å²) in [5.41, 5.74) is 1.09. The van der Waals surface area contributed by atoms with Crippen LogP contribution in [0, 0.1) is 0 Å². The van der Waals surface area contributed by atoms with Gasteiger partial charge < -0.3 is 19.3 Å². The zero-order valence-electron chi connectivity index (χ0n) is 11.3. The summed E-state index contributed by atoms with van der Waals surface area (Å²) < 4.78 is 11.3. The topological polar surface area (TPSA) is 42.0 Å². The average Bonchev–Trinajstić information content (AvgIpc) is 2.63. The molecule has 2 heterocycles. The fraction of sp³-hybridized carbons (Fsp3) is 0.500. The highest BCUT2D eigenvalue weighted by Gasteiger charge is 2.33. The van der Waals surface area contributed by atoms with Gasteiger partial charge in [0.1, 0.15) is 0 Å². The van der Waals surface area contributed by atoms with Gasteiger partial charge in [0, 0.05) is 27.1 Å². The normalized spacial score (nSPS) is 22.6. The van der Waals surface area contributed by atoms with E-state index >= 15 is 0 Å². The molecule has 5 nitrogen and oxygen atoms in total. The minimum Gasteiger partial charge on any atom is -0.490 e. The number of rotatable bonds is 1. The third-order valence-corrected chi connectivity index (χ3v) is 3.70. The number of carbonyl (C=O) groups excluding carboxylic acids is 1. The maximum absolute atomic E-state index is 11.8. The van der Waals surface area contributed by atoms with Crippen LogP contribution in [0.15, 0.2) is 18.2 Å². The Morgan fingerprint density at radius 1 is 1.16 bits per heavy atom. The number of benzene rings is 1. The first-order chi connectivity index (χ1) is 9.16. The standard InChI is InChI=1S/C14H18N2O3/c1-15-9-11(16(2)14(15)17)10-4-5-12-13(8-10)19-7-3-6-18-12/h4-5,8,11H,3,6-7,9H2,1-2H3. The van der Waals surface area contributed by atoms with Gasteiger partial charge in [0.15, 0.2) is 11.5 Å². The Hall–Kier alpha value is -1.91. The molecule has 0 saturated carbocycles. The molecule has 0 spiro atoms. The minimum atomic E-state index is 0.0529. The number of nitrogens with zero attached hydrogens (tertiary/aromatic N) is 2. The van der Waals surface area contributed by atoms with Gasteiger partial charge in [-0.25, -0.2) is 4.79 Å². The molecule has 5 heteroatoms. The molecule has 0 radical (unpaired) electrons. The summed E-state index contributed by atoms with van der Waals surface area (Å²) in [6.07, 6.45) is 0.897. The van der Waals surface area contributed by atoms with Gasteiger partial charge in [-0.1, -0.05) is 6.07 Å². The number of carbonyl (C=O) groups is 1. The highest BCUT2D eigenvalue weighted by atomic mass is 16.5. The third kappa shape index (κ3) is 2.09. The molecule has 2 aliphatic heterocycles. The number of urea groups is 1. The van der Waals surface area contributed by atoms with Crippen LogP contribution in [0.1, 0.15) is 18.0 Å². The van der Waals surface area contributed by atoms with Gasteiger partial charge >= 0.3 is 6.03 Å². The molecule has 102 valence electrons. The Bertz CT molecular complexity index is 503. The lowest BCUT2D eigenvalue weighted by Crippen LogP contribution is -2.26. The van der Waals surface area contributed by atoms with Crippen LogP contribution in [0.3, 0.4) is 0 Å². The van der Waals surface area contributed by atoms with Crippen LogP contribution in [-0.2, 0) is 0 Å². The summed E-state index contributed by atoms with van der Waals surface area (Å²) in [6, 6.07) is 6.08. The summed E-state index contributed by atoms with van der Waals surface area (Å²) >= 11 is 0. The van der Waals surface area contributed by atoms with Crippen molar-refractivity contribution >= 4 is 6.03 Å². The van der Waals surface area contributed by atoms with Crippen molar-refractivity contribution in [3.05, 3.63) is 23.8 Å². The monoisotopic (exact) mass is 262 g/mol. The van der Waals surface area contributed by atoms with E-state index in [1.165, 1.54) is 0 Å². The molecule has 0 bridgehead atoms. The van der Waals surface area contributed by atoms with Crippen molar-refractivity contribution in [2.45, 2.75) is 12.5 Å². The second-order valence-electron chi connectivity index (χ2n) is 5.05. The first-order valence-electron chi connectivity index (χ1n) is 6.54. The fourth-order valence-electron chi connectivity index (χ4n) is 2.58. The summed E-state index contributed by atoms with van der Waals surface area (Å²) in [4.78, 5) is 15.3. The molecule has 0 aromatic heterocycles. The Labute approximate surface area is 112 Å². The van der Waals surface area contributed by atoms with Crippen LogP contribution in [0.5, 0.6) is 11.5 Å². The highest BCUT2D eigenvalue weighted by Crippen LogP contribution is 2.35. The maximum atomic E-state index is 11.8. The molecule has 0 N–H and O–H groups in total. The van der Waals surface area contributed by atoms with Gasteiger partial charge in [-0.2, -0.15) is 0 Å². The van der Waals surface area contributed by atoms with Crippen LogP contribution in [-0.4, -0.2) is 49.7 Å². The number of hydrogen-bond acceptors (Lipinski definition) is 3. The zero-order valence-corrected chi connectivity index (χ0v) is 11.3. The van der Waals surface area contributed by atoms with Crippen molar-refractivity contribution in [2.75, 3.05) is 33.9 Å². The molecule has 1 atom stereocenters. The molecular formula is C14H18N2O3. The zero-order chi connectivity index (χ0) is 13.4. The largest absolute Gasteiger partial charge is 0.490 e. The molecule has 1 aromatic rings. The highest BCUT2D eigenvalue weighted by molar-refractivity contribution is 5.77.